The first-order valence-electron chi connectivity index (χ1n) is 7.27. The highest BCUT2D eigenvalue weighted by Gasteiger charge is 2.13. The number of nitrogens with one attached hydrogen (secondary N) is 1. The van der Waals surface area contributed by atoms with E-state index < -0.39 is 11.6 Å². The smallest absolute Gasteiger partial charge is 0.140 e. The molecule has 0 aromatic heterocycles. The molecular formula is C18H17F2NS. The SMILES string of the molecule is Cc1ccc(Sc2ccc(F)cc2F)c(C2=CCNCC2)c1. The highest BCUT2D eigenvalue weighted by molar-refractivity contribution is 7.99. The second kappa shape index (κ2) is 6.63. The molecule has 2 aromatic rings. The topological polar surface area (TPSA) is 12.0 Å². The first-order valence-corrected chi connectivity index (χ1v) is 8.09. The Hall–Kier alpha value is -1.65. The van der Waals surface area contributed by atoms with Gasteiger partial charge in [0.1, 0.15) is 11.6 Å². The van der Waals surface area contributed by atoms with Gasteiger partial charge in [0.05, 0.1) is 0 Å². The molecule has 0 spiro atoms. The van der Waals surface area contributed by atoms with E-state index in [0.717, 1.165) is 36.0 Å². The van der Waals surface area contributed by atoms with Crippen LogP contribution < -0.4 is 5.32 Å². The molecule has 1 nitrogen and oxygen atoms in total. The molecule has 0 radical (unpaired) electrons. The zero-order valence-corrected chi connectivity index (χ0v) is 13.1. The summed E-state index contributed by atoms with van der Waals surface area (Å²) in [6, 6.07) is 9.90. The predicted octanol–water partition coefficient (Wildman–Crippen LogP) is 4.80. The normalized spacial score (nSPS) is 14.8. The van der Waals surface area contributed by atoms with Gasteiger partial charge in [0.2, 0.25) is 0 Å². The molecular weight excluding hydrogens is 300 g/mol. The van der Waals surface area contributed by atoms with Gasteiger partial charge in [0.25, 0.3) is 0 Å². The summed E-state index contributed by atoms with van der Waals surface area (Å²) in [5.41, 5.74) is 3.61. The van der Waals surface area contributed by atoms with Crippen LogP contribution in [-0.4, -0.2) is 13.1 Å². The van der Waals surface area contributed by atoms with E-state index >= 15 is 0 Å². The lowest BCUT2D eigenvalue weighted by molar-refractivity contribution is 0.565. The van der Waals surface area contributed by atoms with Crippen LogP contribution in [0.3, 0.4) is 0 Å². The highest BCUT2D eigenvalue weighted by Crippen LogP contribution is 2.37. The van der Waals surface area contributed by atoms with Gasteiger partial charge in [0.15, 0.2) is 0 Å². The van der Waals surface area contributed by atoms with Crippen LogP contribution in [0.5, 0.6) is 0 Å². The number of hydrogen-bond acceptors (Lipinski definition) is 2. The van der Waals surface area contributed by atoms with E-state index in [0.29, 0.717) is 4.90 Å². The Kier molecular flexibility index (Phi) is 4.60. The van der Waals surface area contributed by atoms with Crippen molar-refractivity contribution in [3.63, 3.8) is 0 Å². The molecule has 0 amide bonds. The molecule has 0 bridgehead atoms. The molecule has 1 aliphatic heterocycles. The summed E-state index contributed by atoms with van der Waals surface area (Å²) in [5.74, 6) is -1.07. The molecule has 3 rings (SSSR count). The van der Waals surface area contributed by atoms with Gasteiger partial charge < -0.3 is 5.32 Å². The molecule has 4 heteroatoms. The van der Waals surface area contributed by atoms with E-state index in [1.807, 2.05) is 12.1 Å². The van der Waals surface area contributed by atoms with Crippen molar-refractivity contribution in [3.05, 3.63) is 65.2 Å². The monoisotopic (exact) mass is 317 g/mol. The fraction of sp³-hybridized carbons (Fsp3) is 0.222. The number of aryl methyl sites for hydroxylation is 1. The van der Waals surface area contributed by atoms with Gasteiger partial charge in [-0.1, -0.05) is 35.5 Å². The third kappa shape index (κ3) is 3.39. The fourth-order valence-electron chi connectivity index (χ4n) is 2.53. The van der Waals surface area contributed by atoms with Crippen molar-refractivity contribution in [1.29, 1.82) is 0 Å². The third-order valence-corrected chi connectivity index (χ3v) is 4.79. The van der Waals surface area contributed by atoms with E-state index in [1.54, 1.807) is 0 Å². The molecule has 0 saturated carbocycles. The summed E-state index contributed by atoms with van der Waals surface area (Å²) < 4.78 is 26.9. The summed E-state index contributed by atoms with van der Waals surface area (Å²) in [5, 5.41) is 3.30. The fourth-order valence-corrected chi connectivity index (χ4v) is 3.49. The van der Waals surface area contributed by atoms with Crippen molar-refractivity contribution in [2.75, 3.05) is 13.1 Å². The second-order valence-electron chi connectivity index (χ2n) is 5.36. The predicted molar refractivity (Wildman–Crippen MR) is 87.1 cm³/mol. The Morgan fingerprint density at radius 3 is 2.59 bits per heavy atom. The van der Waals surface area contributed by atoms with Crippen molar-refractivity contribution in [1.82, 2.24) is 5.32 Å². The van der Waals surface area contributed by atoms with E-state index in [2.05, 4.69) is 24.4 Å². The molecule has 0 atom stereocenters. The zero-order valence-electron chi connectivity index (χ0n) is 12.3. The van der Waals surface area contributed by atoms with Crippen LogP contribution in [0.4, 0.5) is 8.78 Å². The summed E-state index contributed by atoms with van der Waals surface area (Å²) in [6.45, 7) is 3.87. The zero-order chi connectivity index (χ0) is 15.5. The molecule has 1 N–H and O–H groups in total. The lowest BCUT2D eigenvalue weighted by Crippen LogP contribution is -2.20. The van der Waals surface area contributed by atoms with Crippen molar-refractivity contribution in [3.8, 4) is 0 Å². The van der Waals surface area contributed by atoms with E-state index in [9.17, 15) is 8.78 Å². The summed E-state index contributed by atoms with van der Waals surface area (Å²) >= 11 is 1.35. The first kappa shape index (κ1) is 15.3. The van der Waals surface area contributed by atoms with Gasteiger partial charge in [-0.15, -0.1) is 0 Å². The maximum Gasteiger partial charge on any atom is 0.140 e. The molecule has 114 valence electrons. The van der Waals surface area contributed by atoms with Gasteiger partial charge in [-0.25, -0.2) is 8.78 Å². The van der Waals surface area contributed by atoms with Crippen LogP contribution in [0, 0.1) is 18.6 Å². The molecule has 0 aliphatic carbocycles. The Balaban J connectivity index is 1.98. The lowest BCUT2D eigenvalue weighted by atomic mass is 9.99. The van der Waals surface area contributed by atoms with Gasteiger partial charge in [-0.2, -0.15) is 0 Å². The van der Waals surface area contributed by atoms with Crippen LogP contribution in [0.1, 0.15) is 17.5 Å². The van der Waals surface area contributed by atoms with Crippen molar-refractivity contribution >= 4 is 17.3 Å². The maximum atomic E-state index is 13.9. The Labute approximate surface area is 133 Å². The number of benzene rings is 2. The molecule has 2 aromatic carbocycles. The minimum absolute atomic E-state index is 0.445. The Bertz CT molecular complexity index is 725. The van der Waals surface area contributed by atoms with E-state index in [1.165, 1.54) is 35.0 Å². The number of halogens is 2. The van der Waals surface area contributed by atoms with Crippen molar-refractivity contribution < 1.29 is 8.78 Å². The van der Waals surface area contributed by atoms with Gasteiger partial charge in [-0.05, 0) is 49.2 Å². The molecule has 22 heavy (non-hydrogen) atoms. The highest BCUT2D eigenvalue weighted by atomic mass is 32.2. The van der Waals surface area contributed by atoms with E-state index in [4.69, 9.17) is 0 Å². The average Bonchev–Trinajstić information content (AvgIpc) is 2.52. The van der Waals surface area contributed by atoms with Gasteiger partial charge in [0, 0.05) is 22.4 Å². The molecule has 1 heterocycles. The maximum absolute atomic E-state index is 13.9. The van der Waals surface area contributed by atoms with Crippen LogP contribution in [0.15, 0.2) is 52.3 Å². The lowest BCUT2D eigenvalue weighted by Gasteiger charge is -2.18. The summed E-state index contributed by atoms with van der Waals surface area (Å²) in [7, 11) is 0. The van der Waals surface area contributed by atoms with Gasteiger partial charge >= 0.3 is 0 Å². The molecule has 0 unspecified atom stereocenters. The minimum Gasteiger partial charge on any atom is -0.313 e. The number of rotatable bonds is 3. The standard InChI is InChI=1S/C18H17F2NS/c1-12-2-4-17(15(10-12)13-6-8-21-9-7-13)22-18-5-3-14(19)11-16(18)20/h2-6,10-11,21H,7-9H2,1H3. The summed E-state index contributed by atoms with van der Waals surface area (Å²) in [6.07, 6.45) is 3.15. The Morgan fingerprint density at radius 1 is 1.05 bits per heavy atom. The Morgan fingerprint density at radius 2 is 1.86 bits per heavy atom. The van der Waals surface area contributed by atoms with Crippen LogP contribution in [0.25, 0.3) is 5.57 Å². The van der Waals surface area contributed by atoms with Crippen LogP contribution >= 0.6 is 11.8 Å². The first-order chi connectivity index (χ1) is 10.6. The van der Waals surface area contributed by atoms with Crippen LogP contribution in [-0.2, 0) is 0 Å². The summed E-state index contributed by atoms with van der Waals surface area (Å²) in [4.78, 5) is 1.45. The average molecular weight is 317 g/mol. The second-order valence-corrected chi connectivity index (χ2v) is 6.44. The third-order valence-electron chi connectivity index (χ3n) is 3.66. The van der Waals surface area contributed by atoms with Crippen LogP contribution in [0.2, 0.25) is 0 Å². The largest absolute Gasteiger partial charge is 0.313 e. The van der Waals surface area contributed by atoms with E-state index in [-0.39, 0.29) is 0 Å². The number of hydrogen-bond donors (Lipinski definition) is 1. The quantitative estimate of drug-likeness (QED) is 0.872. The van der Waals surface area contributed by atoms with Crippen molar-refractivity contribution in [2.24, 2.45) is 0 Å². The van der Waals surface area contributed by atoms with Gasteiger partial charge in [-0.3, -0.25) is 0 Å². The molecule has 0 saturated heterocycles. The molecule has 0 fully saturated rings. The van der Waals surface area contributed by atoms with Crippen molar-refractivity contribution in [2.45, 2.75) is 23.1 Å². The molecule has 1 aliphatic rings. The minimum atomic E-state index is -0.549.